The van der Waals surface area contributed by atoms with Gasteiger partial charge in [0.1, 0.15) is 18.2 Å². The van der Waals surface area contributed by atoms with E-state index in [2.05, 4.69) is 35.9 Å². The molecule has 0 radical (unpaired) electrons. The highest BCUT2D eigenvalue weighted by molar-refractivity contribution is 5.79. The monoisotopic (exact) mass is 427 g/mol. The predicted molar refractivity (Wildman–Crippen MR) is 128 cm³/mol. The lowest BCUT2D eigenvalue weighted by Gasteiger charge is -2.17. The molecule has 0 spiro atoms. The SMILES string of the molecule is Cc1cccc(OCCn2c(C(C)NC(=O)Cc3ccccc3)nc3ccccc32)c1C. The van der Waals surface area contributed by atoms with Gasteiger partial charge in [0.05, 0.1) is 30.0 Å². The number of hydrogen-bond donors (Lipinski definition) is 1. The van der Waals surface area contributed by atoms with Gasteiger partial charge in [-0.3, -0.25) is 4.79 Å². The second kappa shape index (κ2) is 9.69. The molecule has 1 unspecified atom stereocenters. The standard InChI is InChI=1S/C27H29N3O2/c1-19-10-9-15-25(20(19)2)32-17-16-30-24-14-8-7-13-23(24)29-27(30)21(3)28-26(31)18-22-11-5-4-6-12-22/h4-15,21H,16-18H2,1-3H3,(H,28,31). The Morgan fingerprint density at radius 2 is 1.75 bits per heavy atom. The summed E-state index contributed by atoms with van der Waals surface area (Å²) in [5.41, 5.74) is 5.32. The summed E-state index contributed by atoms with van der Waals surface area (Å²) in [5, 5.41) is 3.11. The van der Waals surface area contributed by atoms with Gasteiger partial charge in [0, 0.05) is 0 Å². The molecule has 0 aliphatic carbocycles. The molecule has 5 nitrogen and oxygen atoms in total. The first-order chi connectivity index (χ1) is 15.5. The fourth-order valence-electron chi connectivity index (χ4n) is 3.93. The lowest BCUT2D eigenvalue weighted by atomic mass is 10.1. The summed E-state index contributed by atoms with van der Waals surface area (Å²) in [4.78, 5) is 17.4. The fraction of sp³-hybridized carbons (Fsp3) is 0.259. The number of carbonyl (C=O) groups excluding carboxylic acids is 1. The number of ether oxygens (including phenoxy) is 1. The van der Waals surface area contributed by atoms with Crippen molar-refractivity contribution >= 4 is 16.9 Å². The van der Waals surface area contributed by atoms with Crippen LogP contribution in [0.15, 0.2) is 72.8 Å². The minimum Gasteiger partial charge on any atom is -0.491 e. The molecule has 1 amide bonds. The second-order valence-electron chi connectivity index (χ2n) is 8.11. The number of amides is 1. The van der Waals surface area contributed by atoms with E-state index >= 15 is 0 Å². The summed E-state index contributed by atoms with van der Waals surface area (Å²) in [5.74, 6) is 1.71. The molecule has 0 aliphatic heterocycles. The first-order valence-corrected chi connectivity index (χ1v) is 11.0. The molecule has 0 fully saturated rings. The van der Waals surface area contributed by atoms with Crippen LogP contribution in [-0.2, 0) is 17.8 Å². The normalized spacial score (nSPS) is 12.0. The van der Waals surface area contributed by atoms with Crippen LogP contribution in [0.1, 0.15) is 35.5 Å². The molecule has 3 aromatic carbocycles. The Kier molecular flexibility index (Phi) is 6.55. The maximum absolute atomic E-state index is 12.6. The fourth-order valence-corrected chi connectivity index (χ4v) is 3.93. The highest BCUT2D eigenvalue weighted by Crippen LogP contribution is 2.23. The maximum atomic E-state index is 12.6. The maximum Gasteiger partial charge on any atom is 0.224 e. The van der Waals surface area contributed by atoms with Crippen molar-refractivity contribution < 1.29 is 9.53 Å². The van der Waals surface area contributed by atoms with Crippen molar-refractivity contribution in [2.24, 2.45) is 0 Å². The number of para-hydroxylation sites is 2. The first-order valence-electron chi connectivity index (χ1n) is 11.0. The van der Waals surface area contributed by atoms with Gasteiger partial charge in [-0.25, -0.2) is 4.98 Å². The molecular weight excluding hydrogens is 398 g/mol. The summed E-state index contributed by atoms with van der Waals surface area (Å²) in [7, 11) is 0. The average Bonchev–Trinajstić information content (AvgIpc) is 3.16. The van der Waals surface area contributed by atoms with Crippen molar-refractivity contribution in [3.05, 3.63) is 95.3 Å². The molecule has 32 heavy (non-hydrogen) atoms. The van der Waals surface area contributed by atoms with Gasteiger partial charge in [-0.15, -0.1) is 0 Å². The van der Waals surface area contributed by atoms with E-state index in [0.717, 1.165) is 33.7 Å². The number of hydrogen-bond acceptors (Lipinski definition) is 3. The Bertz CT molecular complexity index is 1210. The van der Waals surface area contributed by atoms with E-state index in [1.54, 1.807) is 0 Å². The molecule has 1 heterocycles. The Morgan fingerprint density at radius 3 is 2.56 bits per heavy atom. The number of rotatable bonds is 8. The molecule has 4 aromatic rings. The van der Waals surface area contributed by atoms with Crippen LogP contribution >= 0.6 is 0 Å². The van der Waals surface area contributed by atoms with Gasteiger partial charge < -0.3 is 14.6 Å². The summed E-state index contributed by atoms with van der Waals surface area (Å²) in [6.45, 7) is 7.30. The minimum atomic E-state index is -0.223. The smallest absolute Gasteiger partial charge is 0.224 e. The summed E-state index contributed by atoms with van der Waals surface area (Å²) >= 11 is 0. The van der Waals surface area contributed by atoms with E-state index in [1.807, 2.05) is 67.6 Å². The number of nitrogens with one attached hydrogen (secondary N) is 1. The highest BCUT2D eigenvalue weighted by atomic mass is 16.5. The number of fused-ring (bicyclic) bond motifs is 1. The molecule has 0 bridgehead atoms. The zero-order valence-corrected chi connectivity index (χ0v) is 18.8. The molecule has 0 saturated heterocycles. The number of imidazole rings is 1. The van der Waals surface area contributed by atoms with E-state index in [0.29, 0.717) is 19.6 Å². The van der Waals surface area contributed by atoms with Crippen molar-refractivity contribution in [3.63, 3.8) is 0 Å². The third kappa shape index (κ3) is 4.83. The topological polar surface area (TPSA) is 56.1 Å². The largest absolute Gasteiger partial charge is 0.491 e. The Morgan fingerprint density at radius 1 is 1.00 bits per heavy atom. The van der Waals surface area contributed by atoms with Crippen LogP contribution in [-0.4, -0.2) is 22.1 Å². The van der Waals surface area contributed by atoms with Crippen molar-refractivity contribution in [3.8, 4) is 5.75 Å². The van der Waals surface area contributed by atoms with Crippen LogP contribution < -0.4 is 10.1 Å². The number of aromatic nitrogens is 2. The molecule has 0 aliphatic rings. The van der Waals surface area contributed by atoms with Gasteiger partial charge >= 0.3 is 0 Å². The second-order valence-corrected chi connectivity index (χ2v) is 8.11. The molecular formula is C27H29N3O2. The van der Waals surface area contributed by atoms with Crippen molar-refractivity contribution in [2.75, 3.05) is 6.61 Å². The first kappa shape index (κ1) is 21.6. The van der Waals surface area contributed by atoms with Gasteiger partial charge in [-0.1, -0.05) is 54.6 Å². The van der Waals surface area contributed by atoms with Crippen molar-refractivity contribution in [2.45, 2.75) is 39.8 Å². The van der Waals surface area contributed by atoms with Crippen LogP contribution in [0.25, 0.3) is 11.0 Å². The van der Waals surface area contributed by atoms with E-state index in [-0.39, 0.29) is 11.9 Å². The van der Waals surface area contributed by atoms with Crippen molar-refractivity contribution in [1.82, 2.24) is 14.9 Å². The van der Waals surface area contributed by atoms with Gasteiger partial charge in [0.2, 0.25) is 5.91 Å². The highest BCUT2D eigenvalue weighted by Gasteiger charge is 2.18. The predicted octanol–water partition coefficient (Wildman–Crippen LogP) is 5.15. The van der Waals surface area contributed by atoms with Gasteiger partial charge in [0.25, 0.3) is 0 Å². The number of carbonyl (C=O) groups is 1. The lowest BCUT2D eigenvalue weighted by molar-refractivity contribution is -0.121. The third-order valence-electron chi connectivity index (χ3n) is 5.78. The summed E-state index contributed by atoms with van der Waals surface area (Å²) in [6.07, 6.45) is 0.348. The summed E-state index contributed by atoms with van der Waals surface area (Å²) < 4.78 is 8.25. The molecule has 5 heteroatoms. The van der Waals surface area contributed by atoms with Gasteiger partial charge in [-0.2, -0.15) is 0 Å². The Labute approximate surface area is 189 Å². The number of nitrogens with zero attached hydrogens (tertiary/aromatic N) is 2. The quantitative estimate of drug-likeness (QED) is 0.423. The molecule has 164 valence electrons. The lowest BCUT2D eigenvalue weighted by Crippen LogP contribution is -2.30. The van der Waals surface area contributed by atoms with Crippen LogP contribution in [0.3, 0.4) is 0 Å². The average molecular weight is 428 g/mol. The zero-order valence-electron chi connectivity index (χ0n) is 18.8. The third-order valence-corrected chi connectivity index (χ3v) is 5.78. The van der Waals surface area contributed by atoms with Gasteiger partial charge in [-0.05, 0) is 55.7 Å². The number of benzene rings is 3. The molecule has 0 saturated carbocycles. The van der Waals surface area contributed by atoms with Crippen LogP contribution in [0.4, 0.5) is 0 Å². The molecule has 1 N–H and O–H groups in total. The van der Waals surface area contributed by atoms with E-state index in [9.17, 15) is 4.79 Å². The number of aryl methyl sites for hydroxylation is 1. The Balaban J connectivity index is 1.50. The van der Waals surface area contributed by atoms with E-state index < -0.39 is 0 Å². The Hall–Kier alpha value is -3.60. The van der Waals surface area contributed by atoms with E-state index in [4.69, 9.17) is 9.72 Å². The van der Waals surface area contributed by atoms with Crippen molar-refractivity contribution in [1.29, 1.82) is 0 Å². The zero-order chi connectivity index (χ0) is 22.5. The van der Waals surface area contributed by atoms with E-state index in [1.165, 1.54) is 5.56 Å². The molecule has 1 atom stereocenters. The van der Waals surface area contributed by atoms with Crippen LogP contribution in [0, 0.1) is 13.8 Å². The molecule has 4 rings (SSSR count). The van der Waals surface area contributed by atoms with Gasteiger partial charge in [0.15, 0.2) is 0 Å². The summed E-state index contributed by atoms with van der Waals surface area (Å²) in [6, 6.07) is 23.7. The van der Waals surface area contributed by atoms with Crippen LogP contribution in [0.2, 0.25) is 0 Å². The van der Waals surface area contributed by atoms with Crippen LogP contribution in [0.5, 0.6) is 5.75 Å². The minimum absolute atomic E-state index is 0.0195. The molecule has 1 aromatic heterocycles.